The van der Waals surface area contributed by atoms with Crippen molar-refractivity contribution in [2.24, 2.45) is 0 Å². The first-order valence-electron chi connectivity index (χ1n) is 5.77. The highest BCUT2D eigenvalue weighted by atomic mass is 79.9. The van der Waals surface area contributed by atoms with Gasteiger partial charge in [-0.25, -0.2) is 12.8 Å². The molecular formula is C13H12BrFN2O3S. The number of phenolic OH excluding ortho intramolecular Hbond substituents is 1. The minimum absolute atomic E-state index is 0.0464. The lowest BCUT2D eigenvalue weighted by Crippen LogP contribution is -2.14. The number of hydrogen-bond acceptors (Lipinski definition) is 4. The number of anilines is 2. The molecule has 2 rings (SSSR count). The summed E-state index contributed by atoms with van der Waals surface area (Å²) in [5.74, 6) is -0.681. The van der Waals surface area contributed by atoms with Gasteiger partial charge in [-0.15, -0.1) is 0 Å². The molecule has 5 nitrogen and oxygen atoms in total. The van der Waals surface area contributed by atoms with Gasteiger partial charge in [-0.3, -0.25) is 4.72 Å². The third-order valence-electron chi connectivity index (χ3n) is 2.82. The van der Waals surface area contributed by atoms with Crippen LogP contribution in [0.3, 0.4) is 0 Å². The van der Waals surface area contributed by atoms with E-state index >= 15 is 0 Å². The number of phenols is 1. The predicted octanol–water partition coefficient (Wildman–Crippen LogP) is 2.99. The molecule has 0 heterocycles. The summed E-state index contributed by atoms with van der Waals surface area (Å²) in [6.45, 7) is 1.58. The molecule has 0 atom stereocenters. The van der Waals surface area contributed by atoms with Gasteiger partial charge in [0.15, 0.2) is 0 Å². The lowest BCUT2D eigenvalue weighted by molar-refractivity contribution is 0.477. The molecule has 0 amide bonds. The molecule has 0 bridgehead atoms. The summed E-state index contributed by atoms with van der Waals surface area (Å²) >= 11 is 3.00. The molecule has 0 radical (unpaired) electrons. The van der Waals surface area contributed by atoms with Crippen molar-refractivity contribution in [3.8, 4) is 5.75 Å². The second-order valence-electron chi connectivity index (χ2n) is 4.41. The van der Waals surface area contributed by atoms with Gasteiger partial charge in [0.2, 0.25) is 0 Å². The largest absolute Gasteiger partial charge is 0.506 e. The third kappa shape index (κ3) is 3.27. The van der Waals surface area contributed by atoms with Gasteiger partial charge in [0.05, 0.1) is 20.7 Å². The van der Waals surface area contributed by atoms with E-state index in [4.69, 9.17) is 5.73 Å². The van der Waals surface area contributed by atoms with Crippen molar-refractivity contribution in [3.05, 3.63) is 46.2 Å². The number of nitrogens with one attached hydrogen (secondary N) is 1. The number of benzene rings is 2. The SMILES string of the molecule is Cc1cc(F)c(Br)cc1NS(=O)(=O)c1ccc(O)c(N)c1. The Morgan fingerprint density at radius 3 is 2.57 bits per heavy atom. The summed E-state index contributed by atoms with van der Waals surface area (Å²) in [4.78, 5) is -0.0994. The van der Waals surface area contributed by atoms with Crippen LogP contribution in [0.1, 0.15) is 5.56 Å². The molecule has 0 aliphatic heterocycles. The van der Waals surface area contributed by atoms with Crippen LogP contribution in [-0.4, -0.2) is 13.5 Å². The van der Waals surface area contributed by atoms with E-state index in [1.54, 1.807) is 6.92 Å². The minimum Gasteiger partial charge on any atom is -0.506 e. The van der Waals surface area contributed by atoms with Crippen LogP contribution < -0.4 is 10.5 Å². The van der Waals surface area contributed by atoms with Crippen LogP contribution in [0.5, 0.6) is 5.75 Å². The number of halogens is 2. The minimum atomic E-state index is -3.89. The molecule has 4 N–H and O–H groups in total. The maximum Gasteiger partial charge on any atom is 0.261 e. The van der Waals surface area contributed by atoms with Gasteiger partial charge in [0.1, 0.15) is 11.6 Å². The summed E-state index contributed by atoms with van der Waals surface area (Å²) in [5.41, 5.74) is 6.12. The number of aryl methyl sites for hydroxylation is 1. The van der Waals surface area contributed by atoms with Crippen LogP contribution in [0.2, 0.25) is 0 Å². The zero-order valence-electron chi connectivity index (χ0n) is 10.9. The number of nitrogen functional groups attached to an aromatic ring is 1. The smallest absolute Gasteiger partial charge is 0.261 e. The number of aromatic hydroxyl groups is 1. The van der Waals surface area contributed by atoms with Gasteiger partial charge in [-0.1, -0.05) is 0 Å². The molecule has 21 heavy (non-hydrogen) atoms. The van der Waals surface area contributed by atoms with Crippen molar-refractivity contribution in [1.29, 1.82) is 0 Å². The number of sulfonamides is 1. The Labute approximate surface area is 129 Å². The molecule has 2 aromatic carbocycles. The van der Waals surface area contributed by atoms with Crippen LogP contribution in [0.25, 0.3) is 0 Å². The van der Waals surface area contributed by atoms with Crippen molar-refractivity contribution >= 4 is 37.3 Å². The van der Waals surface area contributed by atoms with Crippen LogP contribution in [-0.2, 0) is 10.0 Å². The lowest BCUT2D eigenvalue weighted by Gasteiger charge is -2.12. The fourth-order valence-electron chi connectivity index (χ4n) is 1.66. The van der Waals surface area contributed by atoms with Gasteiger partial charge in [0.25, 0.3) is 10.0 Å². The Morgan fingerprint density at radius 2 is 1.95 bits per heavy atom. The molecule has 0 fully saturated rings. The van der Waals surface area contributed by atoms with E-state index in [0.29, 0.717) is 5.56 Å². The Hall–Kier alpha value is -1.80. The standard InChI is InChI=1S/C13H12BrFN2O3S/c1-7-4-10(15)9(14)6-12(7)17-21(19,20)8-2-3-13(18)11(16)5-8/h2-6,17-18H,16H2,1H3. The Morgan fingerprint density at radius 1 is 1.29 bits per heavy atom. The average Bonchev–Trinajstić information content (AvgIpc) is 2.39. The van der Waals surface area contributed by atoms with E-state index in [9.17, 15) is 17.9 Å². The van der Waals surface area contributed by atoms with Gasteiger partial charge < -0.3 is 10.8 Å². The van der Waals surface area contributed by atoms with Gasteiger partial charge in [-0.2, -0.15) is 0 Å². The topological polar surface area (TPSA) is 92.4 Å². The summed E-state index contributed by atoms with van der Waals surface area (Å²) in [7, 11) is -3.89. The highest BCUT2D eigenvalue weighted by Gasteiger charge is 2.17. The molecule has 0 aliphatic carbocycles. The van der Waals surface area contributed by atoms with Crippen LogP contribution >= 0.6 is 15.9 Å². The van der Waals surface area contributed by atoms with E-state index in [1.165, 1.54) is 24.3 Å². The van der Waals surface area contributed by atoms with Crippen LogP contribution in [0, 0.1) is 12.7 Å². The second-order valence-corrected chi connectivity index (χ2v) is 6.94. The number of nitrogens with two attached hydrogens (primary N) is 1. The fraction of sp³-hybridized carbons (Fsp3) is 0.0769. The molecule has 0 spiro atoms. The molecule has 2 aromatic rings. The summed E-state index contributed by atoms with van der Waals surface area (Å²) in [5, 5.41) is 9.32. The molecule has 0 saturated heterocycles. The fourth-order valence-corrected chi connectivity index (χ4v) is 3.16. The second kappa shape index (κ2) is 5.53. The number of hydrogen-bond donors (Lipinski definition) is 3. The molecular weight excluding hydrogens is 363 g/mol. The van der Waals surface area contributed by atoms with Crippen molar-refractivity contribution in [2.45, 2.75) is 11.8 Å². The zero-order valence-corrected chi connectivity index (χ0v) is 13.3. The highest BCUT2D eigenvalue weighted by Crippen LogP contribution is 2.28. The van der Waals surface area contributed by atoms with Gasteiger partial charge >= 0.3 is 0 Å². The highest BCUT2D eigenvalue weighted by molar-refractivity contribution is 9.10. The van der Waals surface area contributed by atoms with Crippen molar-refractivity contribution < 1.29 is 17.9 Å². The van der Waals surface area contributed by atoms with E-state index in [-0.39, 0.29) is 26.5 Å². The molecule has 8 heteroatoms. The maximum atomic E-state index is 13.3. The van der Waals surface area contributed by atoms with E-state index < -0.39 is 15.8 Å². The summed E-state index contributed by atoms with van der Waals surface area (Å²) in [6.07, 6.45) is 0. The summed E-state index contributed by atoms with van der Waals surface area (Å²) < 4.78 is 40.4. The van der Waals surface area contributed by atoms with Crippen LogP contribution in [0.4, 0.5) is 15.8 Å². The Kier molecular flexibility index (Phi) is 4.11. The third-order valence-corrected chi connectivity index (χ3v) is 4.79. The summed E-state index contributed by atoms with van der Waals surface area (Å²) in [6, 6.07) is 6.12. The molecule has 0 saturated carbocycles. The zero-order chi connectivity index (χ0) is 15.8. The van der Waals surface area contributed by atoms with E-state index in [0.717, 1.165) is 6.07 Å². The monoisotopic (exact) mass is 374 g/mol. The lowest BCUT2D eigenvalue weighted by atomic mass is 10.2. The Balaban J connectivity index is 2.42. The van der Waals surface area contributed by atoms with E-state index in [1.807, 2.05) is 0 Å². The number of rotatable bonds is 3. The Bertz CT molecular complexity index is 809. The first-order chi connectivity index (χ1) is 9.70. The van der Waals surface area contributed by atoms with E-state index in [2.05, 4.69) is 20.7 Å². The first-order valence-corrected chi connectivity index (χ1v) is 8.05. The molecule has 0 unspecified atom stereocenters. The van der Waals surface area contributed by atoms with Crippen molar-refractivity contribution in [2.75, 3.05) is 10.5 Å². The quantitative estimate of drug-likeness (QED) is 0.568. The molecule has 112 valence electrons. The van der Waals surface area contributed by atoms with Crippen molar-refractivity contribution in [1.82, 2.24) is 0 Å². The van der Waals surface area contributed by atoms with Gasteiger partial charge in [0, 0.05) is 0 Å². The van der Waals surface area contributed by atoms with Crippen LogP contribution in [0.15, 0.2) is 39.7 Å². The average molecular weight is 375 g/mol. The normalized spacial score (nSPS) is 11.4. The molecule has 0 aromatic heterocycles. The van der Waals surface area contributed by atoms with Gasteiger partial charge in [-0.05, 0) is 58.7 Å². The predicted molar refractivity (Wildman–Crippen MR) is 82.2 cm³/mol. The molecule has 0 aliphatic rings. The maximum absolute atomic E-state index is 13.3. The van der Waals surface area contributed by atoms with Crippen molar-refractivity contribution in [3.63, 3.8) is 0 Å². The first kappa shape index (κ1) is 15.6.